The molecule has 2 rings (SSSR count). The lowest BCUT2D eigenvalue weighted by atomic mass is 10.1. The summed E-state index contributed by atoms with van der Waals surface area (Å²) in [6.07, 6.45) is 6.83. The van der Waals surface area contributed by atoms with Gasteiger partial charge in [0.15, 0.2) is 0 Å². The molecule has 2 heterocycles. The Balaban J connectivity index is 2.05. The number of carbonyl (C=O) groups excluding carboxylic acids is 1. The van der Waals surface area contributed by atoms with Crippen molar-refractivity contribution in [3.63, 3.8) is 0 Å². The van der Waals surface area contributed by atoms with E-state index in [-0.39, 0.29) is 5.91 Å². The molecule has 1 aliphatic rings. The highest BCUT2D eigenvalue weighted by Gasteiger charge is 2.16. The van der Waals surface area contributed by atoms with E-state index in [2.05, 4.69) is 4.98 Å². The Morgan fingerprint density at radius 3 is 2.94 bits per heavy atom. The lowest BCUT2D eigenvalue weighted by molar-refractivity contribution is -0.132. The summed E-state index contributed by atoms with van der Waals surface area (Å²) >= 11 is 0. The van der Waals surface area contributed by atoms with Gasteiger partial charge in [-0.25, -0.2) is 4.98 Å². The maximum atomic E-state index is 11.9. The van der Waals surface area contributed by atoms with Crippen molar-refractivity contribution in [2.45, 2.75) is 38.6 Å². The average Bonchev–Trinajstić information content (AvgIpc) is 2.31. The second kappa shape index (κ2) is 5.66. The summed E-state index contributed by atoms with van der Waals surface area (Å²) in [6.45, 7) is 1.44. The van der Waals surface area contributed by atoms with Crippen molar-refractivity contribution in [2.24, 2.45) is 0 Å². The summed E-state index contributed by atoms with van der Waals surface area (Å²) in [5.41, 5.74) is 6.75. The van der Waals surface area contributed by atoms with Crippen LogP contribution in [0.25, 0.3) is 0 Å². The molecule has 4 heteroatoms. The van der Waals surface area contributed by atoms with Crippen molar-refractivity contribution >= 4 is 11.7 Å². The number of nitrogens with two attached hydrogens (primary N) is 1. The van der Waals surface area contributed by atoms with E-state index in [1.54, 1.807) is 6.20 Å². The highest BCUT2D eigenvalue weighted by atomic mass is 16.2. The van der Waals surface area contributed by atoms with Crippen LogP contribution in [0.5, 0.6) is 0 Å². The van der Waals surface area contributed by atoms with Gasteiger partial charge in [-0.1, -0.05) is 18.9 Å². The van der Waals surface area contributed by atoms with Crippen LogP contribution in [-0.2, 0) is 11.3 Å². The van der Waals surface area contributed by atoms with Crippen molar-refractivity contribution < 1.29 is 4.79 Å². The van der Waals surface area contributed by atoms with Crippen LogP contribution in [0.15, 0.2) is 18.3 Å². The molecule has 0 atom stereocenters. The molecule has 0 unspecified atom stereocenters. The molecule has 0 bridgehead atoms. The van der Waals surface area contributed by atoms with Gasteiger partial charge in [-0.15, -0.1) is 0 Å². The SMILES string of the molecule is Nc1ncccc1CN1CCCCCCC1=O. The third-order valence-corrected chi connectivity index (χ3v) is 3.21. The molecule has 0 saturated carbocycles. The van der Waals surface area contributed by atoms with Crippen molar-refractivity contribution in [3.8, 4) is 0 Å². The number of nitrogen functional groups attached to an aromatic ring is 1. The van der Waals surface area contributed by atoms with Crippen LogP contribution in [-0.4, -0.2) is 22.3 Å². The number of nitrogens with zero attached hydrogens (tertiary/aromatic N) is 2. The van der Waals surface area contributed by atoms with Gasteiger partial charge in [0.1, 0.15) is 5.82 Å². The summed E-state index contributed by atoms with van der Waals surface area (Å²) in [4.78, 5) is 17.9. The lowest BCUT2D eigenvalue weighted by Crippen LogP contribution is -2.32. The number of likely N-dealkylation sites (tertiary alicyclic amines) is 1. The van der Waals surface area contributed by atoms with E-state index in [0.717, 1.165) is 24.9 Å². The molecule has 1 saturated heterocycles. The third-order valence-electron chi connectivity index (χ3n) is 3.21. The Bertz CT molecular complexity index is 392. The van der Waals surface area contributed by atoms with E-state index < -0.39 is 0 Å². The van der Waals surface area contributed by atoms with E-state index >= 15 is 0 Å². The second-order valence-electron chi connectivity index (χ2n) is 4.53. The van der Waals surface area contributed by atoms with Gasteiger partial charge in [0.25, 0.3) is 0 Å². The fourth-order valence-electron chi connectivity index (χ4n) is 2.17. The first-order valence-corrected chi connectivity index (χ1v) is 6.24. The Kier molecular flexibility index (Phi) is 3.96. The van der Waals surface area contributed by atoms with Gasteiger partial charge in [-0.3, -0.25) is 4.79 Å². The standard InChI is InChI=1S/C13H19N3O/c14-13-11(6-5-8-15-13)10-16-9-4-2-1-3-7-12(16)17/h5-6,8H,1-4,7,9-10H2,(H2,14,15). The van der Waals surface area contributed by atoms with Crippen molar-refractivity contribution in [1.29, 1.82) is 0 Å². The van der Waals surface area contributed by atoms with E-state index in [1.807, 2.05) is 17.0 Å². The highest BCUT2D eigenvalue weighted by molar-refractivity contribution is 5.76. The highest BCUT2D eigenvalue weighted by Crippen LogP contribution is 2.16. The van der Waals surface area contributed by atoms with Crippen LogP contribution in [0.3, 0.4) is 0 Å². The van der Waals surface area contributed by atoms with Crippen molar-refractivity contribution in [2.75, 3.05) is 12.3 Å². The quantitative estimate of drug-likeness (QED) is 0.849. The number of rotatable bonds is 2. The fraction of sp³-hybridized carbons (Fsp3) is 0.538. The smallest absolute Gasteiger partial charge is 0.222 e. The van der Waals surface area contributed by atoms with Crippen LogP contribution in [0.1, 0.15) is 37.7 Å². The molecule has 4 nitrogen and oxygen atoms in total. The Morgan fingerprint density at radius 2 is 2.12 bits per heavy atom. The topological polar surface area (TPSA) is 59.2 Å². The molecule has 1 aromatic heterocycles. The summed E-state index contributed by atoms with van der Waals surface area (Å²) < 4.78 is 0. The molecule has 0 radical (unpaired) electrons. The summed E-state index contributed by atoms with van der Waals surface area (Å²) in [5.74, 6) is 0.773. The summed E-state index contributed by atoms with van der Waals surface area (Å²) in [6, 6.07) is 3.80. The molecule has 17 heavy (non-hydrogen) atoms. The predicted octanol–water partition coefficient (Wildman–Crippen LogP) is 1.96. The number of anilines is 1. The first kappa shape index (κ1) is 11.9. The Hall–Kier alpha value is -1.58. The van der Waals surface area contributed by atoms with Crippen LogP contribution < -0.4 is 5.73 Å². The summed E-state index contributed by atoms with van der Waals surface area (Å²) in [7, 11) is 0. The minimum Gasteiger partial charge on any atom is -0.383 e. The van der Waals surface area contributed by atoms with Gasteiger partial charge in [-0.05, 0) is 18.9 Å². The fourth-order valence-corrected chi connectivity index (χ4v) is 2.17. The average molecular weight is 233 g/mol. The third kappa shape index (κ3) is 3.19. The molecule has 1 amide bonds. The van der Waals surface area contributed by atoms with Gasteiger partial charge in [0.2, 0.25) is 5.91 Å². The number of amides is 1. The van der Waals surface area contributed by atoms with Crippen LogP contribution in [0.2, 0.25) is 0 Å². The molecular formula is C13H19N3O. The van der Waals surface area contributed by atoms with Crippen LogP contribution in [0, 0.1) is 0 Å². The van der Waals surface area contributed by atoms with E-state index in [9.17, 15) is 4.79 Å². The molecule has 1 aromatic rings. The number of hydrogen-bond donors (Lipinski definition) is 1. The molecule has 1 fully saturated rings. The van der Waals surface area contributed by atoms with E-state index in [4.69, 9.17) is 5.73 Å². The maximum absolute atomic E-state index is 11.9. The van der Waals surface area contributed by atoms with Crippen molar-refractivity contribution in [3.05, 3.63) is 23.9 Å². The monoisotopic (exact) mass is 233 g/mol. The zero-order chi connectivity index (χ0) is 12.1. The zero-order valence-electron chi connectivity index (χ0n) is 10.1. The Labute approximate surface area is 102 Å². The van der Waals surface area contributed by atoms with Crippen LogP contribution in [0.4, 0.5) is 5.82 Å². The largest absolute Gasteiger partial charge is 0.383 e. The molecule has 0 spiro atoms. The van der Waals surface area contributed by atoms with Crippen molar-refractivity contribution in [1.82, 2.24) is 9.88 Å². The van der Waals surface area contributed by atoms with E-state index in [0.29, 0.717) is 18.8 Å². The van der Waals surface area contributed by atoms with Gasteiger partial charge >= 0.3 is 0 Å². The normalized spacial score (nSPS) is 17.6. The Morgan fingerprint density at radius 1 is 1.29 bits per heavy atom. The molecular weight excluding hydrogens is 214 g/mol. The maximum Gasteiger partial charge on any atom is 0.222 e. The minimum absolute atomic E-state index is 0.243. The van der Waals surface area contributed by atoms with Gasteiger partial charge < -0.3 is 10.6 Å². The molecule has 2 N–H and O–H groups in total. The molecule has 92 valence electrons. The van der Waals surface area contributed by atoms with Gasteiger partial charge in [0.05, 0.1) is 0 Å². The first-order chi connectivity index (χ1) is 8.27. The van der Waals surface area contributed by atoms with Gasteiger partial charge in [-0.2, -0.15) is 0 Å². The summed E-state index contributed by atoms with van der Waals surface area (Å²) in [5, 5.41) is 0. The number of hydrogen-bond acceptors (Lipinski definition) is 3. The molecule has 0 aromatic carbocycles. The minimum atomic E-state index is 0.243. The number of aromatic nitrogens is 1. The lowest BCUT2D eigenvalue weighted by Gasteiger charge is -2.25. The first-order valence-electron chi connectivity index (χ1n) is 6.24. The van der Waals surface area contributed by atoms with E-state index in [1.165, 1.54) is 12.8 Å². The second-order valence-corrected chi connectivity index (χ2v) is 4.53. The molecule has 0 aliphatic carbocycles. The predicted molar refractivity (Wildman–Crippen MR) is 67.2 cm³/mol. The van der Waals surface area contributed by atoms with Crippen LogP contribution >= 0.6 is 0 Å². The van der Waals surface area contributed by atoms with Gasteiger partial charge in [0, 0.05) is 31.3 Å². The zero-order valence-corrected chi connectivity index (χ0v) is 10.1. The number of carbonyl (C=O) groups is 1. The molecule has 1 aliphatic heterocycles. The number of pyridine rings is 1.